The molecule has 1 unspecified atom stereocenters. The molecule has 1 atom stereocenters. The minimum atomic E-state index is -0.506. The van der Waals surface area contributed by atoms with Crippen molar-refractivity contribution in [2.45, 2.75) is 66.5 Å². The van der Waals surface area contributed by atoms with Gasteiger partial charge in [0.2, 0.25) is 0 Å². The number of aryl methyl sites for hydroxylation is 1. The Balaban J connectivity index is 0.00000136. The van der Waals surface area contributed by atoms with Crippen molar-refractivity contribution in [1.29, 1.82) is 0 Å². The van der Waals surface area contributed by atoms with Gasteiger partial charge in [0.15, 0.2) is 0 Å². The molecule has 150 valence electrons. The van der Waals surface area contributed by atoms with Gasteiger partial charge < -0.3 is 9.64 Å². The highest BCUT2D eigenvalue weighted by molar-refractivity contribution is 6.10. The van der Waals surface area contributed by atoms with Crippen LogP contribution in [0.25, 0.3) is 0 Å². The Kier molecular flexibility index (Phi) is 6.65. The van der Waals surface area contributed by atoms with Gasteiger partial charge in [-0.15, -0.1) is 0 Å². The molecular formula is C24H31NO3. The summed E-state index contributed by atoms with van der Waals surface area (Å²) in [5, 5.41) is 0. The molecule has 2 aromatic carbocycles. The molecule has 0 radical (unpaired) electrons. The van der Waals surface area contributed by atoms with Crippen molar-refractivity contribution in [2.24, 2.45) is 0 Å². The molecule has 1 aliphatic heterocycles. The summed E-state index contributed by atoms with van der Waals surface area (Å²) in [5.74, 6) is -0.570. The Morgan fingerprint density at radius 2 is 1.75 bits per heavy atom. The van der Waals surface area contributed by atoms with E-state index in [4.69, 9.17) is 4.74 Å². The lowest BCUT2D eigenvalue weighted by atomic mass is 9.98. The van der Waals surface area contributed by atoms with Crippen molar-refractivity contribution in [1.82, 2.24) is 0 Å². The van der Waals surface area contributed by atoms with Gasteiger partial charge in [-0.1, -0.05) is 44.2 Å². The average Bonchev–Trinajstić information content (AvgIpc) is 2.98. The molecule has 2 aromatic rings. The third-order valence-electron chi connectivity index (χ3n) is 4.59. The van der Waals surface area contributed by atoms with Crippen molar-refractivity contribution in [2.75, 3.05) is 4.90 Å². The van der Waals surface area contributed by atoms with Crippen LogP contribution < -0.4 is 4.90 Å². The Morgan fingerprint density at radius 1 is 1.11 bits per heavy atom. The van der Waals surface area contributed by atoms with E-state index in [9.17, 15) is 9.59 Å². The third kappa shape index (κ3) is 4.61. The fraction of sp³-hybridized carbons (Fsp3) is 0.417. The summed E-state index contributed by atoms with van der Waals surface area (Å²) in [7, 11) is 0. The molecule has 0 aromatic heterocycles. The van der Waals surface area contributed by atoms with Crippen LogP contribution >= 0.6 is 0 Å². The zero-order chi connectivity index (χ0) is 21.1. The highest BCUT2D eigenvalue weighted by Crippen LogP contribution is 2.32. The van der Waals surface area contributed by atoms with Crippen molar-refractivity contribution in [3.05, 3.63) is 64.7 Å². The maximum Gasteiger partial charge on any atom is 0.313 e. The predicted molar refractivity (Wildman–Crippen MR) is 114 cm³/mol. The van der Waals surface area contributed by atoms with E-state index in [0.717, 1.165) is 27.9 Å². The number of carbonyl (C=O) groups is 2. The maximum atomic E-state index is 12.7. The smallest absolute Gasteiger partial charge is 0.313 e. The van der Waals surface area contributed by atoms with Crippen molar-refractivity contribution in [3.8, 4) is 0 Å². The summed E-state index contributed by atoms with van der Waals surface area (Å²) in [6, 6.07) is 13.5. The highest BCUT2D eigenvalue weighted by atomic mass is 16.6. The summed E-state index contributed by atoms with van der Waals surface area (Å²) in [6.45, 7) is 14.0. The van der Waals surface area contributed by atoms with Gasteiger partial charge in [-0.2, -0.15) is 0 Å². The lowest BCUT2D eigenvalue weighted by Crippen LogP contribution is -2.27. The topological polar surface area (TPSA) is 46.6 Å². The van der Waals surface area contributed by atoms with E-state index in [2.05, 4.69) is 0 Å². The number of rotatable bonds is 3. The van der Waals surface area contributed by atoms with Crippen LogP contribution in [-0.4, -0.2) is 17.5 Å². The number of carbonyl (C=O) groups excluding carboxylic acids is 2. The van der Waals surface area contributed by atoms with Crippen LogP contribution in [0.5, 0.6) is 0 Å². The molecule has 4 nitrogen and oxygen atoms in total. The minimum absolute atomic E-state index is 0.0247. The summed E-state index contributed by atoms with van der Waals surface area (Å²) in [5.41, 5.74) is 4.05. The van der Waals surface area contributed by atoms with Crippen LogP contribution in [0.1, 0.15) is 74.5 Å². The van der Waals surface area contributed by atoms with Crippen molar-refractivity contribution < 1.29 is 14.3 Å². The number of hydrogen-bond donors (Lipinski definition) is 0. The van der Waals surface area contributed by atoms with Crippen LogP contribution in [0.15, 0.2) is 42.5 Å². The maximum absolute atomic E-state index is 12.7. The second-order valence-corrected chi connectivity index (χ2v) is 7.85. The van der Waals surface area contributed by atoms with Gasteiger partial charge in [0.05, 0.1) is 12.5 Å². The van der Waals surface area contributed by atoms with Crippen LogP contribution in [0, 0.1) is 6.92 Å². The second-order valence-electron chi connectivity index (χ2n) is 7.85. The summed E-state index contributed by atoms with van der Waals surface area (Å²) >= 11 is 0. The number of benzene rings is 2. The zero-order valence-electron chi connectivity index (χ0n) is 18.0. The van der Waals surface area contributed by atoms with Crippen molar-refractivity contribution in [3.63, 3.8) is 0 Å². The SMILES string of the molecule is CC.Cc1cc(C(C)C(=O)OC(C)(C)C)ccc1N1Cc2ccccc2C1=O. The molecule has 3 rings (SSSR count). The highest BCUT2D eigenvalue weighted by Gasteiger charge is 2.29. The Hall–Kier alpha value is -2.62. The number of anilines is 1. The predicted octanol–water partition coefficient (Wildman–Crippen LogP) is 5.63. The molecule has 4 heteroatoms. The van der Waals surface area contributed by atoms with Gasteiger partial charge in [0.25, 0.3) is 5.91 Å². The number of esters is 1. The molecular weight excluding hydrogens is 350 g/mol. The molecule has 0 N–H and O–H groups in total. The Morgan fingerprint density at radius 3 is 2.32 bits per heavy atom. The summed E-state index contributed by atoms with van der Waals surface area (Å²) in [6.07, 6.45) is 0. The molecule has 0 saturated carbocycles. The molecule has 0 fully saturated rings. The number of fused-ring (bicyclic) bond motifs is 1. The number of hydrogen-bond acceptors (Lipinski definition) is 3. The van der Waals surface area contributed by atoms with E-state index in [-0.39, 0.29) is 17.8 Å². The summed E-state index contributed by atoms with van der Waals surface area (Å²) < 4.78 is 5.48. The molecule has 0 bridgehead atoms. The Labute approximate surface area is 168 Å². The second kappa shape index (κ2) is 8.59. The van der Waals surface area contributed by atoms with E-state index in [1.807, 2.05) is 90.9 Å². The minimum Gasteiger partial charge on any atom is -0.460 e. The van der Waals surface area contributed by atoms with Gasteiger partial charge in [0, 0.05) is 11.3 Å². The Bertz CT molecular complexity index is 864. The van der Waals surface area contributed by atoms with Crippen LogP contribution in [-0.2, 0) is 16.1 Å². The first kappa shape index (κ1) is 21.7. The van der Waals surface area contributed by atoms with Crippen molar-refractivity contribution >= 4 is 17.6 Å². The number of nitrogens with zero attached hydrogens (tertiary/aromatic N) is 1. The molecule has 0 aliphatic carbocycles. The number of amides is 1. The van der Waals surface area contributed by atoms with Gasteiger partial charge in [-0.05, 0) is 63.4 Å². The fourth-order valence-electron chi connectivity index (χ4n) is 3.23. The molecule has 0 saturated heterocycles. The van der Waals surface area contributed by atoms with E-state index in [0.29, 0.717) is 6.54 Å². The first-order valence-electron chi connectivity index (χ1n) is 9.90. The molecule has 1 amide bonds. The van der Waals surface area contributed by atoms with Gasteiger partial charge in [0.1, 0.15) is 5.60 Å². The van der Waals surface area contributed by atoms with E-state index >= 15 is 0 Å². The molecule has 1 aliphatic rings. The first-order valence-corrected chi connectivity index (χ1v) is 9.90. The normalized spacial score (nSPS) is 14.1. The third-order valence-corrected chi connectivity index (χ3v) is 4.59. The number of ether oxygens (including phenoxy) is 1. The lowest BCUT2D eigenvalue weighted by Gasteiger charge is -2.23. The lowest BCUT2D eigenvalue weighted by molar-refractivity contribution is -0.156. The standard InChI is InChI=1S/C22H25NO3.C2H6/c1-14-12-16(15(2)21(25)26-22(3,4)5)10-11-19(14)23-13-17-8-6-7-9-18(17)20(23)24;1-2/h6-12,15H,13H2,1-5H3;1-2H3. The quantitative estimate of drug-likeness (QED) is 0.648. The summed E-state index contributed by atoms with van der Waals surface area (Å²) in [4.78, 5) is 26.8. The molecule has 0 spiro atoms. The monoisotopic (exact) mass is 381 g/mol. The van der Waals surface area contributed by atoms with Crippen LogP contribution in [0.3, 0.4) is 0 Å². The van der Waals surface area contributed by atoms with Gasteiger partial charge in [-0.3, -0.25) is 9.59 Å². The fourth-order valence-corrected chi connectivity index (χ4v) is 3.23. The largest absolute Gasteiger partial charge is 0.460 e. The average molecular weight is 382 g/mol. The van der Waals surface area contributed by atoms with E-state index in [1.54, 1.807) is 4.90 Å². The molecule has 1 heterocycles. The van der Waals surface area contributed by atoms with Crippen LogP contribution in [0.4, 0.5) is 5.69 Å². The van der Waals surface area contributed by atoms with Crippen LogP contribution in [0.2, 0.25) is 0 Å². The van der Waals surface area contributed by atoms with E-state index < -0.39 is 5.60 Å². The first-order chi connectivity index (χ1) is 13.2. The van der Waals surface area contributed by atoms with Gasteiger partial charge in [-0.25, -0.2) is 0 Å². The van der Waals surface area contributed by atoms with E-state index in [1.165, 1.54) is 0 Å². The zero-order valence-corrected chi connectivity index (χ0v) is 18.0. The van der Waals surface area contributed by atoms with Gasteiger partial charge >= 0.3 is 5.97 Å². The molecule has 28 heavy (non-hydrogen) atoms.